The molecule has 2 rings (SSSR count). The number of hydrogen-bond donors (Lipinski definition) is 1. The summed E-state index contributed by atoms with van der Waals surface area (Å²) in [6.07, 6.45) is 1.16. The van der Waals surface area contributed by atoms with Crippen molar-refractivity contribution >= 4 is 5.69 Å². The number of nitrogens with zero attached hydrogens (tertiary/aromatic N) is 2. The van der Waals surface area contributed by atoms with Gasteiger partial charge in [-0.3, -0.25) is 0 Å². The first kappa shape index (κ1) is 14.3. The van der Waals surface area contributed by atoms with Crippen molar-refractivity contribution in [1.29, 1.82) is 0 Å². The molecule has 0 aliphatic carbocycles. The summed E-state index contributed by atoms with van der Waals surface area (Å²) < 4.78 is 19.0. The van der Waals surface area contributed by atoms with Crippen LogP contribution in [-0.4, -0.2) is 26.1 Å². The van der Waals surface area contributed by atoms with Crippen molar-refractivity contribution in [3.05, 3.63) is 47.9 Å². The van der Waals surface area contributed by atoms with Gasteiger partial charge in [-0.25, -0.2) is 9.37 Å². The predicted octanol–water partition coefficient (Wildman–Crippen LogP) is 2.80. The van der Waals surface area contributed by atoms with Crippen molar-refractivity contribution in [2.24, 2.45) is 0 Å². The SMILES string of the molecule is CNCc1cc(F)cnc1Oc1cccc(N(C)C)c1. The Bertz CT molecular complexity index is 587. The molecule has 4 nitrogen and oxygen atoms in total. The summed E-state index contributed by atoms with van der Waals surface area (Å²) in [5, 5.41) is 2.97. The third kappa shape index (κ3) is 3.45. The maximum atomic E-state index is 13.2. The van der Waals surface area contributed by atoms with Crippen LogP contribution in [0.3, 0.4) is 0 Å². The summed E-state index contributed by atoms with van der Waals surface area (Å²) in [4.78, 5) is 6.00. The van der Waals surface area contributed by atoms with Crippen molar-refractivity contribution < 1.29 is 9.13 Å². The highest BCUT2D eigenvalue weighted by atomic mass is 19.1. The summed E-state index contributed by atoms with van der Waals surface area (Å²) >= 11 is 0. The zero-order valence-corrected chi connectivity index (χ0v) is 11.9. The Labute approximate surface area is 118 Å². The Kier molecular flexibility index (Phi) is 4.53. The molecule has 1 N–H and O–H groups in total. The van der Waals surface area contributed by atoms with E-state index >= 15 is 0 Å². The molecular weight excluding hydrogens is 257 g/mol. The fourth-order valence-electron chi connectivity index (χ4n) is 1.81. The van der Waals surface area contributed by atoms with Crippen LogP contribution >= 0.6 is 0 Å². The molecule has 5 heteroatoms. The molecule has 106 valence electrons. The van der Waals surface area contributed by atoms with Gasteiger partial charge in [0.25, 0.3) is 0 Å². The lowest BCUT2D eigenvalue weighted by Crippen LogP contribution is -2.09. The highest BCUT2D eigenvalue weighted by molar-refractivity contribution is 5.50. The van der Waals surface area contributed by atoms with Gasteiger partial charge in [0.15, 0.2) is 0 Å². The molecule has 0 amide bonds. The topological polar surface area (TPSA) is 37.4 Å². The number of ether oxygens (including phenoxy) is 1. The average Bonchev–Trinajstić information content (AvgIpc) is 2.42. The Morgan fingerprint density at radius 3 is 2.80 bits per heavy atom. The van der Waals surface area contributed by atoms with Crippen LogP contribution in [0.4, 0.5) is 10.1 Å². The zero-order chi connectivity index (χ0) is 14.5. The van der Waals surface area contributed by atoms with Gasteiger partial charge >= 0.3 is 0 Å². The van der Waals surface area contributed by atoms with Gasteiger partial charge in [-0.2, -0.15) is 0 Å². The third-order valence-electron chi connectivity index (χ3n) is 2.81. The molecule has 2 aromatic rings. The summed E-state index contributed by atoms with van der Waals surface area (Å²) in [6, 6.07) is 9.08. The minimum Gasteiger partial charge on any atom is -0.439 e. The van der Waals surface area contributed by atoms with Crippen LogP contribution in [0.25, 0.3) is 0 Å². The number of benzene rings is 1. The maximum Gasteiger partial charge on any atom is 0.223 e. The van der Waals surface area contributed by atoms with E-state index in [9.17, 15) is 4.39 Å². The molecular formula is C15H18FN3O. The van der Waals surface area contributed by atoms with E-state index < -0.39 is 0 Å². The van der Waals surface area contributed by atoms with E-state index in [0.29, 0.717) is 23.7 Å². The molecule has 0 spiro atoms. The molecule has 1 heterocycles. The van der Waals surface area contributed by atoms with E-state index in [-0.39, 0.29) is 5.82 Å². The van der Waals surface area contributed by atoms with Crippen molar-refractivity contribution in [3.63, 3.8) is 0 Å². The lowest BCUT2D eigenvalue weighted by molar-refractivity contribution is 0.450. The number of halogens is 1. The van der Waals surface area contributed by atoms with Gasteiger partial charge in [0.2, 0.25) is 5.88 Å². The fraction of sp³-hybridized carbons (Fsp3) is 0.267. The monoisotopic (exact) mass is 275 g/mol. The number of hydrogen-bond acceptors (Lipinski definition) is 4. The Morgan fingerprint density at radius 2 is 2.10 bits per heavy atom. The lowest BCUT2D eigenvalue weighted by atomic mass is 10.2. The molecule has 0 saturated heterocycles. The predicted molar refractivity (Wildman–Crippen MR) is 77.8 cm³/mol. The standard InChI is InChI=1S/C15H18FN3O/c1-17-9-11-7-12(16)10-18-15(11)20-14-6-4-5-13(8-14)19(2)3/h4-8,10,17H,9H2,1-3H3. The normalized spacial score (nSPS) is 10.4. The second-order valence-corrected chi connectivity index (χ2v) is 4.64. The second-order valence-electron chi connectivity index (χ2n) is 4.64. The van der Waals surface area contributed by atoms with Crippen LogP contribution < -0.4 is 15.0 Å². The third-order valence-corrected chi connectivity index (χ3v) is 2.81. The van der Waals surface area contributed by atoms with E-state index in [4.69, 9.17) is 4.74 Å². The number of aromatic nitrogens is 1. The molecule has 0 radical (unpaired) electrons. The molecule has 1 aromatic carbocycles. The molecule has 20 heavy (non-hydrogen) atoms. The number of pyridine rings is 1. The minimum atomic E-state index is -0.371. The summed E-state index contributed by atoms with van der Waals surface area (Å²) in [5.41, 5.74) is 1.71. The molecule has 1 aromatic heterocycles. The van der Waals surface area contributed by atoms with E-state index in [1.54, 1.807) is 7.05 Å². The molecule has 0 atom stereocenters. The van der Waals surface area contributed by atoms with Crippen molar-refractivity contribution in [3.8, 4) is 11.6 Å². The van der Waals surface area contributed by atoms with Gasteiger partial charge in [-0.15, -0.1) is 0 Å². The first-order valence-corrected chi connectivity index (χ1v) is 6.34. The molecule has 0 unspecified atom stereocenters. The molecule has 0 saturated carbocycles. The van der Waals surface area contributed by atoms with E-state index in [0.717, 1.165) is 11.9 Å². The molecule has 0 aliphatic heterocycles. The van der Waals surface area contributed by atoms with Crippen LogP contribution in [0, 0.1) is 5.82 Å². The first-order chi connectivity index (χ1) is 9.60. The van der Waals surface area contributed by atoms with Crippen LogP contribution in [0.2, 0.25) is 0 Å². The zero-order valence-electron chi connectivity index (χ0n) is 11.9. The Hall–Kier alpha value is -2.14. The van der Waals surface area contributed by atoms with E-state index in [1.807, 2.05) is 43.3 Å². The van der Waals surface area contributed by atoms with Gasteiger partial charge in [0, 0.05) is 38.0 Å². The van der Waals surface area contributed by atoms with Crippen molar-refractivity contribution in [2.45, 2.75) is 6.54 Å². The van der Waals surface area contributed by atoms with E-state index in [2.05, 4.69) is 10.3 Å². The van der Waals surface area contributed by atoms with Crippen LogP contribution in [0.1, 0.15) is 5.56 Å². The smallest absolute Gasteiger partial charge is 0.223 e. The van der Waals surface area contributed by atoms with Gasteiger partial charge in [-0.05, 0) is 25.2 Å². The summed E-state index contributed by atoms with van der Waals surface area (Å²) in [5.74, 6) is 0.717. The lowest BCUT2D eigenvalue weighted by Gasteiger charge is -2.14. The number of rotatable bonds is 5. The Morgan fingerprint density at radius 1 is 1.30 bits per heavy atom. The molecule has 0 bridgehead atoms. The number of nitrogens with one attached hydrogen (secondary N) is 1. The second kappa shape index (κ2) is 6.34. The van der Waals surface area contributed by atoms with Crippen LogP contribution in [-0.2, 0) is 6.54 Å². The molecule has 0 fully saturated rings. The van der Waals surface area contributed by atoms with Crippen molar-refractivity contribution in [2.75, 3.05) is 26.0 Å². The van der Waals surface area contributed by atoms with Crippen molar-refractivity contribution in [1.82, 2.24) is 10.3 Å². The van der Waals surface area contributed by atoms with Gasteiger partial charge in [0.05, 0.1) is 6.20 Å². The van der Waals surface area contributed by atoms with Gasteiger partial charge in [-0.1, -0.05) is 6.07 Å². The highest BCUT2D eigenvalue weighted by Gasteiger charge is 2.08. The van der Waals surface area contributed by atoms with Gasteiger partial charge < -0.3 is 15.0 Å². The summed E-state index contributed by atoms with van der Waals surface area (Å²) in [7, 11) is 5.71. The van der Waals surface area contributed by atoms with Crippen LogP contribution in [0.5, 0.6) is 11.6 Å². The highest BCUT2D eigenvalue weighted by Crippen LogP contribution is 2.26. The van der Waals surface area contributed by atoms with Gasteiger partial charge in [0.1, 0.15) is 11.6 Å². The van der Waals surface area contributed by atoms with Crippen LogP contribution in [0.15, 0.2) is 36.5 Å². The summed E-state index contributed by atoms with van der Waals surface area (Å²) in [6.45, 7) is 0.494. The first-order valence-electron chi connectivity index (χ1n) is 6.34. The number of anilines is 1. The average molecular weight is 275 g/mol. The van der Waals surface area contributed by atoms with E-state index in [1.165, 1.54) is 6.07 Å². The minimum absolute atomic E-state index is 0.371. The maximum absolute atomic E-state index is 13.2. The quantitative estimate of drug-likeness (QED) is 0.910. The Balaban J connectivity index is 2.27. The molecule has 0 aliphatic rings. The largest absolute Gasteiger partial charge is 0.439 e. The fourth-order valence-corrected chi connectivity index (χ4v) is 1.81.